The molecule has 2 aromatic heterocycles. The highest BCUT2D eigenvalue weighted by Crippen LogP contribution is 2.39. The number of likely N-dealkylation sites (tertiary alicyclic amines) is 1. The molecular formula is C26H28F2N6O. The highest BCUT2D eigenvalue weighted by atomic mass is 19.1. The van der Waals surface area contributed by atoms with Crippen molar-refractivity contribution in [2.24, 2.45) is 5.92 Å². The number of aromatic nitrogens is 3. The fourth-order valence-corrected chi connectivity index (χ4v) is 6.01. The van der Waals surface area contributed by atoms with Gasteiger partial charge >= 0.3 is 6.03 Å². The number of aromatic amines is 1. The number of urea groups is 1. The van der Waals surface area contributed by atoms with Gasteiger partial charge in [-0.15, -0.1) is 0 Å². The number of nitrogens with zero attached hydrogens (tertiary/aromatic N) is 4. The number of nitrogens with one attached hydrogen (secondary N) is 2. The van der Waals surface area contributed by atoms with Crippen LogP contribution in [0.5, 0.6) is 0 Å². The number of amides is 2. The molecule has 4 heterocycles. The van der Waals surface area contributed by atoms with Gasteiger partial charge in [0.2, 0.25) is 0 Å². The third kappa shape index (κ3) is 4.07. The highest BCUT2D eigenvalue weighted by Gasteiger charge is 2.46. The van der Waals surface area contributed by atoms with Crippen molar-refractivity contribution >= 4 is 6.03 Å². The first kappa shape index (κ1) is 22.2. The number of aryl methyl sites for hydroxylation is 1. The molecule has 2 aliphatic heterocycles. The Morgan fingerprint density at radius 3 is 2.83 bits per heavy atom. The van der Waals surface area contributed by atoms with Crippen LogP contribution in [0.3, 0.4) is 0 Å². The Hall–Kier alpha value is -3.33. The summed E-state index contributed by atoms with van der Waals surface area (Å²) in [6.45, 7) is 4.08. The van der Waals surface area contributed by atoms with E-state index in [4.69, 9.17) is 0 Å². The van der Waals surface area contributed by atoms with Gasteiger partial charge in [-0.2, -0.15) is 5.10 Å². The molecule has 2 N–H and O–H groups in total. The lowest BCUT2D eigenvalue weighted by Gasteiger charge is -2.36. The number of H-pyrrole nitrogens is 1. The molecule has 3 unspecified atom stereocenters. The smallest absolute Gasteiger partial charge is 0.317 e. The average molecular weight is 479 g/mol. The van der Waals surface area contributed by atoms with Crippen LogP contribution < -0.4 is 5.32 Å². The van der Waals surface area contributed by atoms with Crippen molar-refractivity contribution in [3.63, 3.8) is 0 Å². The van der Waals surface area contributed by atoms with Gasteiger partial charge in [0, 0.05) is 72.4 Å². The molecule has 1 saturated carbocycles. The summed E-state index contributed by atoms with van der Waals surface area (Å²) in [6, 6.07) is 7.89. The van der Waals surface area contributed by atoms with Gasteiger partial charge in [-0.1, -0.05) is 6.07 Å². The number of halogens is 2. The first-order chi connectivity index (χ1) is 17.0. The first-order valence-corrected chi connectivity index (χ1v) is 12.2. The molecule has 3 aliphatic rings. The number of pyridine rings is 1. The summed E-state index contributed by atoms with van der Waals surface area (Å²) in [5.41, 5.74) is 4.98. The van der Waals surface area contributed by atoms with Crippen molar-refractivity contribution in [2.45, 2.75) is 51.4 Å². The van der Waals surface area contributed by atoms with E-state index in [1.165, 1.54) is 18.2 Å². The maximum Gasteiger partial charge on any atom is 0.317 e. The zero-order chi connectivity index (χ0) is 24.1. The Morgan fingerprint density at radius 1 is 1.23 bits per heavy atom. The van der Waals surface area contributed by atoms with Crippen LogP contribution in [0.25, 0.3) is 11.3 Å². The fraction of sp³-hybridized carbons (Fsp3) is 0.423. The van der Waals surface area contributed by atoms with E-state index < -0.39 is 11.6 Å². The topological polar surface area (TPSA) is 77.2 Å². The van der Waals surface area contributed by atoms with E-state index in [1.54, 1.807) is 6.20 Å². The fourth-order valence-electron chi connectivity index (χ4n) is 6.01. The molecule has 35 heavy (non-hydrogen) atoms. The predicted octanol–water partition coefficient (Wildman–Crippen LogP) is 3.79. The molecule has 6 rings (SSSR count). The molecule has 0 spiro atoms. The van der Waals surface area contributed by atoms with E-state index in [1.807, 2.05) is 24.0 Å². The van der Waals surface area contributed by atoms with Crippen molar-refractivity contribution in [3.8, 4) is 11.3 Å². The lowest BCUT2D eigenvalue weighted by atomic mass is 10.0. The van der Waals surface area contributed by atoms with E-state index in [0.717, 1.165) is 54.0 Å². The van der Waals surface area contributed by atoms with E-state index in [9.17, 15) is 13.6 Å². The second-order valence-electron chi connectivity index (χ2n) is 9.98. The monoisotopic (exact) mass is 478 g/mol. The molecule has 2 bridgehead atoms. The summed E-state index contributed by atoms with van der Waals surface area (Å²) in [7, 11) is 0. The van der Waals surface area contributed by atoms with Crippen molar-refractivity contribution in [1.29, 1.82) is 0 Å². The zero-order valence-corrected chi connectivity index (χ0v) is 19.6. The molecule has 9 heteroatoms. The van der Waals surface area contributed by atoms with Crippen LogP contribution in [0.15, 0.2) is 36.5 Å². The van der Waals surface area contributed by atoms with Crippen molar-refractivity contribution in [1.82, 2.24) is 30.3 Å². The predicted molar refractivity (Wildman–Crippen MR) is 126 cm³/mol. The second kappa shape index (κ2) is 8.71. The summed E-state index contributed by atoms with van der Waals surface area (Å²) >= 11 is 0. The van der Waals surface area contributed by atoms with Crippen LogP contribution in [-0.2, 0) is 19.5 Å². The molecule has 2 amide bonds. The molecule has 3 aromatic rings. The van der Waals surface area contributed by atoms with Gasteiger partial charge in [-0.25, -0.2) is 13.6 Å². The summed E-state index contributed by atoms with van der Waals surface area (Å²) in [6.07, 6.45) is 4.33. The van der Waals surface area contributed by atoms with Crippen LogP contribution in [0, 0.1) is 24.5 Å². The quantitative estimate of drug-likeness (QED) is 0.598. The molecule has 1 aliphatic carbocycles. The molecule has 7 nitrogen and oxygen atoms in total. The van der Waals surface area contributed by atoms with Gasteiger partial charge in [-0.3, -0.25) is 15.0 Å². The summed E-state index contributed by atoms with van der Waals surface area (Å²) in [5, 5.41) is 10.9. The second-order valence-corrected chi connectivity index (χ2v) is 9.98. The Morgan fingerprint density at radius 2 is 2.06 bits per heavy atom. The molecule has 1 aromatic carbocycles. The number of rotatable bonds is 4. The number of carbonyl (C=O) groups excluding carboxylic acids is 1. The minimum Gasteiger partial charge on any atom is -0.334 e. The van der Waals surface area contributed by atoms with E-state index in [2.05, 4.69) is 25.4 Å². The Kier molecular flexibility index (Phi) is 5.51. The Balaban J connectivity index is 1.14. The SMILES string of the molecule is Cc1cc(-c2n[nH]c3c2CN(C(=O)NC2CC4CC2N(Cc2c(F)cccc2F)C4)CC3)ccn1. The van der Waals surface area contributed by atoms with Crippen molar-refractivity contribution < 1.29 is 13.6 Å². The van der Waals surface area contributed by atoms with Crippen LogP contribution in [-0.4, -0.2) is 56.2 Å². The van der Waals surface area contributed by atoms with E-state index in [0.29, 0.717) is 19.0 Å². The number of fused-ring (bicyclic) bond motifs is 3. The minimum absolute atomic E-state index is 0.0239. The number of hydrogen-bond acceptors (Lipinski definition) is 4. The standard InChI is InChI=1S/C26H28F2N6O/c1-15-9-17(5-7-29-15)25-19-14-33(8-6-22(19)31-32-25)26(35)30-23-10-16-11-24(23)34(12-16)13-18-20(27)3-2-4-21(18)28/h2-5,7,9,16,23-24H,6,8,10-14H2,1H3,(H,30,35)(H,31,32). The summed E-state index contributed by atoms with van der Waals surface area (Å²) < 4.78 is 28.4. The Bertz CT molecular complexity index is 1260. The third-order valence-corrected chi connectivity index (χ3v) is 7.71. The van der Waals surface area contributed by atoms with Crippen LogP contribution >= 0.6 is 0 Å². The van der Waals surface area contributed by atoms with Crippen molar-refractivity contribution in [2.75, 3.05) is 13.1 Å². The normalized spacial score (nSPS) is 23.5. The van der Waals surface area contributed by atoms with Crippen LogP contribution in [0.2, 0.25) is 0 Å². The van der Waals surface area contributed by atoms with Crippen LogP contribution in [0.1, 0.15) is 35.4 Å². The van der Waals surface area contributed by atoms with Gasteiger partial charge in [0.25, 0.3) is 0 Å². The lowest BCUT2D eigenvalue weighted by Crippen LogP contribution is -2.53. The van der Waals surface area contributed by atoms with Gasteiger partial charge in [0.15, 0.2) is 0 Å². The van der Waals surface area contributed by atoms with Gasteiger partial charge in [0.05, 0.1) is 12.2 Å². The lowest BCUT2D eigenvalue weighted by molar-refractivity contribution is 0.149. The molecule has 2 fully saturated rings. The zero-order valence-electron chi connectivity index (χ0n) is 19.6. The maximum absolute atomic E-state index is 14.2. The number of carbonyl (C=O) groups is 1. The van der Waals surface area contributed by atoms with Crippen LogP contribution in [0.4, 0.5) is 13.6 Å². The number of hydrogen-bond donors (Lipinski definition) is 2. The first-order valence-electron chi connectivity index (χ1n) is 12.2. The molecule has 0 radical (unpaired) electrons. The number of piperidine rings is 1. The number of benzene rings is 1. The van der Waals surface area contributed by atoms with Gasteiger partial charge < -0.3 is 10.2 Å². The summed E-state index contributed by atoms with van der Waals surface area (Å²) in [5.74, 6) is -0.598. The largest absolute Gasteiger partial charge is 0.334 e. The highest BCUT2D eigenvalue weighted by molar-refractivity contribution is 5.76. The summed E-state index contributed by atoms with van der Waals surface area (Å²) in [4.78, 5) is 21.5. The Labute approximate surface area is 202 Å². The van der Waals surface area contributed by atoms with E-state index in [-0.39, 0.29) is 30.2 Å². The minimum atomic E-state index is -0.516. The van der Waals surface area contributed by atoms with Gasteiger partial charge in [0.1, 0.15) is 11.6 Å². The molecule has 182 valence electrons. The van der Waals surface area contributed by atoms with Gasteiger partial charge in [-0.05, 0) is 49.9 Å². The van der Waals surface area contributed by atoms with Crippen molar-refractivity contribution in [3.05, 3.63) is 70.7 Å². The maximum atomic E-state index is 14.2. The molecule has 1 saturated heterocycles. The van der Waals surface area contributed by atoms with E-state index >= 15 is 0 Å². The average Bonchev–Trinajstić information content (AvgIpc) is 3.55. The molecule has 3 atom stereocenters. The third-order valence-electron chi connectivity index (χ3n) is 7.71. The molecular weight excluding hydrogens is 450 g/mol.